The number of hydrogen-bond acceptors (Lipinski definition) is 5. The number of imidazole rings is 1. The number of benzene rings is 1. The van der Waals surface area contributed by atoms with Crippen LogP contribution in [-0.2, 0) is 5.41 Å². The standard InChI is InChI=1S/C17H14FN5O2/c1-9-14-13(15-20-16(21-25-15)17(2)5-6-17)19-8-22(14)11-4-3-10(18)7-12(11)23(9)24/h3-4,7-8H,5-6H2,1-2H3. The molecule has 1 fully saturated rings. The van der Waals surface area contributed by atoms with E-state index in [9.17, 15) is 9.60 Å². The highest BCUT2D eigenvalue weighted by Gasteiger charge is 2.44. The lowest BCUT2D eigenvalue weighted by molar-refractivity contribution is -0.583. The molecule has 0 atom stereocenters. The van der Waals surface area contributed by atoms with Gasteiger partial charge in [0, 0.05) is 18.4 Å². The normalized spacial score (nSPS) is 16.0. The minimum Gasteiger partial charge on any atom is -0.618 e. The summed E-state index contributed by atoms with van der Waals surface area (Å²) in [7, 11) is 0. The summed E-state index contributed by atoms with van der Waals surface area (Å²) >= 11 is 0. The van der Waals surface area contributed by atoms with Crippen LogP contribution in [0.3, 0.4) is 0 Å². The van der Waals surface area contributed by atoms with Gasteiger partial charge in [-0.1, -0.05) is 12.1 Å². The Hall–Kier alpha value is -3.03. The molecule has 4 aromatic rings. The first-order chi connectivity index (χ1) is 12.0. The van der Waals surface area contributed by atoms with Gasteiger partial charge in [0.2, 0.25) is 11.2 Å². The maximum absolute atomic E-state index is 13.5. The second-order valence-electron chi connectivity index (χ2n) is 6.81. The third-order valence-electron chi connectivity index (χ3n) is 5.00. The lowest BCUT2D eigenvalue weighted by Crippen LogP contribution is -2.32. The molecular weight excluding hydrogens is 325 g/mol. The van der Waals surface area contributed by atoms with E-state index in [4.69, 9.17) is 4.52 Å². The maximum Gasteiger partial charge on any atom is 0.279 e. The summed E-state index contributed by atoms with van der Waals surface area (Å²) in [4.78, 5) is 8.85. The number of halogens is 1. The summed E-state index contributed by atoms with van der Waals surface area (Å²) in [6.45, 7) is 3.75. The minimum absolute atomic E-state index is 0.0188. The van der Waals surface area contributed by atoms with E-state index in [0.29, 0.717) is 33.0 Å². The zero-order valence-electron chi connectivity index (χ0n) is 13.7. The number of aromatic nitrogens is 5. The zero-order valence-corrected chi connectivity index (χ0v) is 13.7. The van der Waals surface area contributed by atoms with Crippen LogP contribution in [0.2, 0.25) is 0 Å². The minimum atomic E-state index is -0.463. The van der Waals surface area contributed by atoms with Gasteiger partial charge in [0.1, 0.15) is 23.2 Å². The molecule has 8 heteroatoms. The number of aryl methyl sites for hydroxylation is 1. The molecule has 0 aliphatic heterocycles. The second kappa shape index (κ2) is 4.53. The molecule has 1 saturated carbocycles. The quantitative estimate of drug-likeness (QED) is 0.414. The van der Waals surface area contributed by atoms with Crippen LogP contribution in [-0.4, -0.2) is 19.5 Å². The van der Waals surface area contributed by atoms with Crippen LogP contribution in [0.25, 0.3) is 28.1 Å². The molecule has 0 radical (unpaired) electrons. The predicted molar refractivity (Wildman–Crippen MR) is 86.2 cm³/mol. The van der Waals surface area contributed by atoms with Crippen molar-refractivity contribution < 1.29 is 13.6 Å². The monoisotopic (exact) mass is 339 g/mol. The van der Waals surface area contributed by atoms with E-state index in [0.717, 1.165) is 12.8 Å². The summed E-state index contributed by atoms with van der Waals surface area (Å²) in [6.07, 6.45) is 3.65. The molecule has 3 heterocycles. The van der Waals surface area contributed by atoms with Crippen LogP contribution in [0.5, 0.6) is 0 Å². The lowest BCUT2D eigenvalue weighted by Gasteiger charge is -2.08. The molecule has 5 rings (SSSR count). The number of nitrogens with zero attached hydrogens (tertiary/aromatic N) is 5. The molecule has 25 heavy (non-hydrogen) atoms. The number of fused-ring (bicyclic) bond motifs is 3. The van der Waals surface area contributed by atoms with Crippen LogP contribution < -0.4 is 4.73 Å². The Balaban J connectivity index is 1.79. The van der Waals surface area contributed by atoms with Crippen molar-refractivity contribution in [3.63, 3.8) is 0 Å². The topological polar surface area (TPSA) is 83.2 Å². The third-order valence-corrected chi connectivity index (χ3v) is 5.00. The molecular formula is C17H14FN5O2. The van der Waals surface area contributed by atoms with E-state index in [1.807, 2.05) is 0 Å². The van der Waals surface area contributed by atoms with E-state index < -0.39 is 5.82 Å². The summed E-state index contributed by atoms with van der Waals surface area (Å²) in [5.74, 6) is 0.491. The molecule has 1 aliphatic carbocycles. The lowest BCUT2D eigenvalue weighted by atomic mass is 10.1. The molecule has 1 aromatic carbocycles. The van der Waals surface area contributed by atoms with Crippen molar-refractivity contribution in [2.24, 2.45) is 0 Å². The van der Waals surface area contributed by atoms with E-state index in [2.05, 4.69) is 22.0 Å². The van der Waals surface area contributed by atoms with Gasteiger partial charge in [-0.3, -0.25) is 4.40 Å². The Labute approximate surface area is 141 Å². The number of rotatable bonds is 2. The highest BCUT2D eigenvalue weighted by atomic mass is 19.1. The molecule has 0 spiro atoms. The van der Waals surface area contributed by atoms with Gasteiger partial charge < -0.3 is 9.73 Å². The van der Waals surface area contributed by atoms with Crippen molar-refractivity contribution in [1.82, 2.24) is 19.5 Å². The molecule has 3 aromatic heterocycles. The van der Waals surface area contributed by atoms with Crippen molar-refractivity contribution in [1.29, 1.82) is 0 Å². The summed E-state index contributed by atoms with van der Waals surface area (Å²) in [6, 6.07) is 4.09. The smallest absolute Gasteiger partial charge is 0.279 e. The average molecular weight is 339 g/mol. The Morgan fingerprint density at radius 1 is 1.36 bits per heavy atom. The maximum atomic E-state index is 13.5. The fraction of sp³-hybridized carbons (Fsp3) is 0.294. The van der Waals surface area contributed by atoms with Gasteiger partial charge in [-0.25, -0.2) is 9.37 Å². The predicted octanol–water partition coefficient (Wildman–Crippen LogP) is 2.67. The zero-order chi connectivity index (χ0) is 17.3. The van der Waals surface area contributed by atoms with Crippen molar-refractivity contribution in [2.75, 3.05) is 0 Å². The first-order valence-corrected chi connectivity index (χ1v) is 8.01. The van der Waals surface area contributed by atoms with Gasteiger partial charge in [-0.15, -0.1) is 0 Å². The van der Waals surface area contributed by atoms with E-state index in [1.165, 1.54) is 12.1 Å². The van der Waals surface area contributed by atoms with Crippen molar-refractivity contribution in [2.45, 2.75) is 32.1 Å². The summed E-state index contributed by atoms with van der Waals surface area (Å²) in [5.41, 5.74) is 2.20. The summed E-state index contributed by atoms with van der Waals surface area (Å²) < 4.78 is 21.4. The molecule has 0 N–H and O–H groups in total. The Bertz CT molecular complexity index is 1160. The van der Waals surface area contributed by atoms with Gasteiger partial charge in [-0.2, -0.15) is 9.71 Å². The average Bonchev–Trinajstić information content (AvgIpc) is 3.04. The van der Waals surface area contributed by atoms with E-state index in [-0.39, 0.29) is 16.8 Å². The van der Waals surface area contributed by atoms with E-state index >= 15 is 0 Å². The second-order valence-corrected chi connectivity index (χ2v) is 6.81. The molecule has 0 saturated heterocycles. The molecule has 0 unspecified atom stereocenters. The first kappa shape index (κ1) is 14.3. The van der Waals surface area contributed by atoms with Crippen LogP contribution in [0.4, 0.5) is 4.39 Å². The van der Waals surface area contributed by atoms with Gasteiger partial charge in [0.15, 0.2) is 11.5 Å². The Morgan fingerprint density at radius 2 is 2.16 bits per heavy atom. The van der Waals surface area contributed by atoms with Crippen molar-refractivity contribution in [3.8, 4) is 11.6 Å². The largest absolute Gasteiger partial charge is 0.618 e. The summed E-state index contributed by atoms with van der Waals surface area (Å²) in [5, 5.41) is 16.7. The van der Waals surface area contributed by atoms with Gasteiger partial charge in [0.25, 0.3) is 5.89 Å². The van der Waals surface area contributed by atoms with Gasteiger partial charge in [-0.05, 0) is 25.0 Å². The molecule has 126 valence electrons. The first-order valence-electron chi connectivity index (χ1n) is 8.01. The molecule has 0 bridgehead atoms. The van der Waals surface area contributed by atoms with Crippen LogP contribution in [0.1, 0.15) is 31.3 Å². The van der Waals surface area contributed by atoms with Crippen LogP contribution in [0.15, 0.2) is 29.0 Å². The van der Waals surface area contributed by atoms with Crippen molar-refractivity contribution >= 4 is 16.6 Å². The molecule has 0 amide bonds. The SMILES string of the molecule is Cc1c2c(-c3nc(C4(C)CC4)no3)ncn2c2ccc(F)cc2[n+]1[O-]. The van der Waals surface area contributed by atoms with Crippen LogP contribution in [0, 0.1) is 17.9 Å². The van der Waals surface area contributed by atoms with Gasteiger partial charge in [0.05, 0.1) is 0 Å². The van der Waals surface area contributed by atoms with E-state index in [1.54, 1.807) is 23.7 Å². The Kier molecular flexibility index (Phi) is 2.60. The fourth-order valence-corrected chi connectivity index (χ4v) is 3.15. The fourth-order valence-electron chi connectivity index (χ4n) is 3.15. The Morgan fingerprint density at radius 3 is 2.92 bits per heavy atom. The molecule has 1 aliphatic rings. The highest BCUT2D eigenvalue weighted by Crippen LogP contribution is 2.46. The van der Waals surface area contributed by atoms with Crippen LogP contribution >= 0.6 is 0 Å². The number of hydrogen-bond donors (Lipinski definition) is 0. The van der Waals surface area contributed by atoms with Gasteiger partial charge >= 0.3 is 0 Å². The third kappa shape index (κ3) is 1.90. The highest BCUT2D eigenvalue weighted by molar-refractivity contribution is 5.82. The van der Waals surface area contributed by atoms with Crippen molar-refractivity contribution in [3.05, 3.63) is 47.1 Å². The molecule has 7 nitrogen and oxygen atoms in total.